The van der Waals surface area contributed by atoms with Gasteiger partial charge in [-0.3, -0.25) is 24.0 Å². The second-order valence-corrected chi connectivity index (χ2v) is 20.3. The fourth-order valence-corrected chi connectivity index (χ4v) is 12.2. The van der Waals surface area contributed by atoms with Crippen molar-refractivity contribution in [1.29, 1.82) is 0 Å². The molecule has 3 aromatic rings. The third kappa shape index (κ3) is 6.96. The van der Waals surface area contributed by atoms with Crippen molar-refractivity contribution in [2.75, 3.05) is 37.8 Å². The van der Waals surface area contributed by atoms with Crippen LogP contribution in [0.1, 0.15) is 101 Å². The molecule has 9 rings (SSSR count). The number of benzene rings is 3. The number of nitrogens with zero attached hydrogens (tertiary/aromatic N) is 2. The quantitative estimate of drug-likeness (QED) is 0.216. The Bertz CT molecular complexity index is 2170. The third-order valence-electron chi connectivity index (χ3n) is 14.1. The number of anilines is 1. The smallest absolute Gasteiger partial charge is 0.262 e. The topological polar surface area (TPSA) is 114 Å². The molecule has 1 N–H and O–H groups in total. The van der Waals surface area contributed by atoms with Gasteiger partial charge in [0.1, 0.15) is 5.75 Å². The van der Waals surface area contributed by atoms with Crippen molar-refractivity contribution in [3.05, 3.63) is 93.5 Å². The summed E-state index contributed by atoms with van der Waals surface area (Å²) in [5.74, 6) is 4.52. The van der Waals surface area contributed by atoms with E-state index in [1.54, 1.807) is 30.3 Å². The predicted molar refractivity (Wildman–Crippen MR) is 222 cm³/mol. The van der Waals surface area contributed by atoms with Gasteiger partial charge in [0.25, 0.3) is 17.7 Å². The van der Waals surface area contributed by atoms with Crippen LogP contribution in [0.5, 0.6) is 5.75 Å². The first-order valence-corrected chi connectivity index (χ1v) is 22.8. The van der Waals surface area contributed by atoms with Gasteiger partial charge < -0.3 is 19.1 Å². The molecule has 3 amide bonds. The van der Waals surface area contributed by atoms with Gasteiger partial charge >= 0.3 is 0 Å². The van der Waals surface area contributed by atoms with Crippen LogP contribution in [-0.4, -0.2) is 83.2 Å². The molecule has 2 fully saturated rings. The zero-order chi connectivity index (χ0) is 39.6. The van der Waals surface area contributed by atoms with E-state index in [2.05, 4.69) is 34.5 Å². The molecule has 0 aromatic heterocycles. The van der Waals surface area contributed by atoms with Crippen LogP contribution in [0.15, 0.2) is 60.7 Å². The van der Waals surface area contributed by atoms with Gasteiger partial charge in [-0.05, 0) is 129 Å². The Balaban J connectivity index is 1.03. The van der Waals surface area contributed by atoms with Crippen molar-refractivity contribution in [2.24, 2.45) is 23.7 Å². The second kappa shape index (κ2) is 15.0. The minimum Gasteiger partial charge on any atom is -0.490 e. The lowest BCUT2D eigenvalue weighted by atomic mass is 9.64. The number of halogens is 1. The monoisotopic (exact) mass is 813 g/mol. The lowest BCUT2D eigenvalue weighted by molar-refractivity contribution is -0.237. The number of carbonyl (C=O) groups excluding carboxylic acids is 3. The average Bonchev–Trinajstić information content (AvgIpc) is 3.34. The summed E-state index contributed by atoms with van der Waals surface area (Å²) in [5.41, 5.74) is 4.39. The molecule has 302 valence electrons. The molecule has 10 nitrogen and oxygen atoms in total. The molecule has 7 atom stereocenters. The maximum atomic E-state index is 14.1. The van der Waals surface area contributed by atoms with Gasteiger partial charge in [-0.15, -0.1) is 0 Å². The van der Waals surface area contributed by atoms with E-state index in [0.29, 0.717) is 41.7 Å². The molecule has 12 heteroatoms. The number of imide groups is 1. The lowest BCUT2D eigenvalue weighted by Gasteiger charge is -2.49. The molecule has 4 aliphatic heterocycles. The Morgan fingerprint density at radius 1 is 0.895 bits per heavy atom. The Kier molecular flexibility index (Phi) is 10.2. The number of nitrogens with one attached hydrogen (secondary N) is 1. The van der Waals surface area contributed by atoms with Crippen molar-refractivity contribution in [3.63, 3.8) is 0 Å². The van der Waals surface area contributed by atoms with Crippen LogP contribution in [0.3, 0.4) is 0 Å². The molecular formula is C45H52ClN3O7S. The Hall–Kier alpha value is -3.90. The molecule has 1 saturated carbocycles. The van der Waals surface area contributed by atoms with Crippen LogP contribution in [0.25, 0.3) is 0 Å². The number of fused-ring (bicyclic) bond motifs is 5. The van der Waals surface area contributed by atoms with Crippen LogP contribution >= 0.6 is 11.6 Å². The molecule has 1 spiro atoms. The van der Waals surface area contributed by atoms with E-state index >= 15 is 0 Å². The number of amides is 3. The number of aryl methyl sites for hydroxylation is 1. The summed E-state index contributed by atoms with van der Waals surface area (Å²) in [5, 5.41) is 0.382. The number of ether oxygens (including phenoxy) is 3. The summed E-state index contributed by atoms with van der Waals surface area (Å²) in [6.45, 7) is 6.41. The van der Waals surface area contributed by atoms with E-state index in [1.807, 2.05) is 25.1 Å². The Labute approximate surface area is 340 Å². The molecule has 2 aliphatic carbocycles. The Morgan fingerprint density at radius 2 is 1.65 bits per heavy atom. The van der Waals surface area contributed by atoms with E-state index < -0.39 is 27.9 Å². The molecule has 1 saturated heterocycles. The fourth-order valence-electron chi connectivity index (χ4n) is 10.5. The average molecular weight is 814 g/mol. The molecule has 57 heavy (non-hydrogen) atoms. The van der Waals surface area contributed by atoms with Crippen molar-refractivity contribution < 1.29 is 32.8 Å². The molecule has 3 aromatic carbocycles. The van der Waals surface area contributed by atoms with Crippen LogP contribution in [0.4, 0.5) is 5.69 Å². The number of hydrogen-bond acceptors (Lipinski definition) is 8. The molecular weight excluding hydrogens is 762 g/mol. The van der Waals surface area contributed by atoms with E-state index in [-0.39, 0.29) is 47.5 Å². The zero-order valence-electron chi connectivity index (χ0n) is 32.8. The first kappa shape index (κ1) is 38.6. The Morgan fingerprint density at radius 3 is 2.37 bits per heavy atom. The van der Waals surface area contributed by atoms with Gasteiger partial charge in [-0.1, -0.05) is 43.1 Å². The fraction of sp³-hybridized carbons (Fsp3) is 0.511. The summed E-state index contributed by atoms with van der Waals surface area (Å²) in [7, 11) is -2.99. The number of rotatable bonds is 2. The summed E-state index contributed by atoms with van der Waals surface area (Å²) >= 11 is 6.51. The minimum absolute atomic E-state index is 0.0350. The highest BCUT2D eigenvalue weighted by molar-refractivity contribution is 7.99. The SMILES string of the molecule is C=S1(=O)NC(=O)c2ccc3c(c2)N(C[C@@H]2CC[C@H]2[C@H](C2OCC(N4C(=O)c5ccccc5C4=O)CO2)CCC[C@H](C)[C@H]1C)C[C@@]1(CCCc2cc(Cl)ccc21)CO3. The third-order valence-corrected chi connectivity index (χ3v) is 16.5. The summed E-state index contributed by atoms with van der Waals surface area (Å²) < 4.78 is 36.7. The van der Waals surface area contributed by atoms with Gasteiger partial charge in [0.2, 0.25) is 0 Å². The second-order valence-electron chi connectivity index (χ2n) is 17.4. The summed E-state index contributed by atoms with van der Waals surface area (Å²) in [4.78, 5) is 44.2. The van der Waals surface area contributed by atoms with Crippen LogP contribution in [-0.2, 0) is 31.0 Å². The van der Waals surface area contributed by atoms with Gasteiger partial charge in [0.15, 0.2) is 6.29 Å². The van der Waals surface area contributed by atoms with E-state index in [4.69, 9.17) is 25.8 Å². The minimum atomic E-state index is -2.99. The molecule has 6 aliphatic rings. The maximum Gasteiger partial charge on any atom is 0.262 e. The standard InChI is InChI=1S/C45H52ClN3O7S/c1-27-8-6-12-37(44-54-23-33(24-55-44)49-42(51)35-10-4-5-11-36(35)43(49)52)34-16-13-31(34)22-48-25-45(19-7-9-29-20-32(46)15-17-38(29)45)26-56-40-18-14-30(21-39(40)48)41(50)47-57(3,53)28(27)2/h4-5,10-11,14-15,17-18,20-21,27-28,31,33-34,37,44H,3,6-9,12-13,16,19,22-26H2,1-2H3,(H,47,50,53)/t27-,28+,31-,33?,34+,37+,44?,45-,57?/m0/s1. The molecule has 4 heterocycles. The zero-order valence-corrected chi connectivity index (χ0v) is 34.3. The van der Waals surface area contributed by atoms with E-state index in [0.717, 1.165) is 74.4 Å². The molecule has 0 radical (unpaired) electrons. The van der Waals surface area contributed by atoms with Crippen molar-refractivity contribution in [1.82, 2.24) is 9.62 Å². The number of carbonyl (C=O) groups is 3. The lowest BCUT2D eigenvalue weighted by Crippen LogP contribution is -2.54. The molecule has 2 bridgehead atoms. The van der Waals surface area contributed by atoms with Crippen molar-refractivity contribution >= 4 is 50.6 Å². The highest BCUT2D eigenvalue weighted by Gasteiger charge is 2.48. The summed E-state index contributed by atoms with van der Waals surface area (Å²) in [6, 6.07) is 18.2. The van der Waals surface area contributed by atoms with Crippen LogP contribution in [0, 0.1) is 23.7 Å². The largest absolute Gasteiger partial charge is 0.490 e. The first-order valence-electron chi connectivity index (χ1n) is 20.6. The van der Waals surface area contributed by atoms with Crippen LogP contribution < -0.4 is 14.4 Å². The van der Waals surface area contributed by atoms with Gasteiger partial charge in [0.05, 0.1) is 52.4 Å². The highest BCUT2D eigenvalue weighted by atomic mass is 35.5. The van der Waals surface area contributed by atoms with Crippen LogP contribution in [0.2, 0.25) is 5.02 Å². The number of hydrogen-bond donors (Lipinski definition) is 1. The normalized spacial score (nSPS) is 34.3. The molecule has 1 unspecified atom stereocenters. The van der Waals surface area contributed by atoms with Crippen molar-refractivity contribution in [2.45, 2.75) is 88.2 Å². The highest BCUT2D eigenvalue weighted by Crippen LogP contribution is 2.49. The predicted octanol–water partition coefficient (Wildman–Crippen LogP) is 7.06. The van der Waals surface area contributed by atoms with Gasteiger partial charge in [0, 0.05) is 40.3 Å². The van der Waals surface area contributed by atoms with E-state index in [1.165, 1.54) is 16.0 Å². The maximum absolute atomic E-state index is 14.1. The first-order chi connectivity index (χ1) is 27.4. The van der Waals surface area contributed by atoms with E-state index in [9.17, 15) is 18.6 Å². The summed E-state index contributed by atoms with van der Waals surface area (Å²) in [6.07, 6.45) is 7.06. The van der Waals surface area contributed by atoms with Gasteiger partial charge in [-0.2, -0.15) is 0 Å². The van der Waals surface area contributed by atoms with Crippen molar-refractivity contribution in [3.8, 4) is 5.75 Å². The van der Waals surface area contributed by atoms with Gasteiger partial charge in [-0.25, -0.2) is 4.21 Å².